The zero-order valence-electron chi connectivity index (χ0n) is 7.96. The molecule has 0 unspecified atom stereocenters. The van der Waals surface area contributed by atoms with Crippen molar-refractivity contribution < 1.29 is 0 Å². The van der Waals surface area contributed by atoms with Crippen molar-refractivity contribution in [3.05, 3.63) is 48.1 Å². The Morgan fingerprint density at radius 2 is 2.14 bits per heavy atom. The quantitative estimate of drug-likeness (QED) is 0.609. The number of aromatic nitrogens is 1. The minimum atomic E-state index is 0.962. The van der Waals surface area contributed by atoms with Crippen LogP contribution in [-0.2, 0) is 12.8 Å². The smallest absolute Gasteiger partial charge is 0.0442 e. The first kappa shape index (κ1) is 7.98. The minimum Gasteiger partial charge on any atom is -0.260 e. The molecule has 0 amide bonds. The van der Waals surface area contributed by atoms with E-state index in [-0.39, 0.29) is 0 Å². The van der Waals surface area contributed by atoms with Gasteiger partial charge in [-0.05, 0) is 36.6 Å². The van der Waals surface area contributed by atoms with E-state index in [2.05, 4.69) is 35.7 Å². The van der Waals surface area contributed by atoms with Crippen molar-refractivity contribution in [3.63, 3.8) is 0 Å². The molecule has 1 aliphatic carbocycles. The molecule has 0 N–H and O–H groups in total. The van der Waals surface area contributed by atoms with Crippen LogP contribution in [0.5, 0.6) is 0 Å². The Labute approximate surface area is 83.8 Å². The largest absolute Gasteiger partial charge is 0.260 e. The van der Waals surface area contributed by atoms with E-state index in [0.717, 1.165) is 19.3 Å². The first-order valence-corrected chi connectivity index (χ1v) is 5.01. The van der Waals surface area contributed by atoms with Crippen LogP contribution in [0, 0.1) is 6.42 Å². The van der Waals surface area contributed by atoms with Gasteiger partial charge < -0.3 is 0 Å². The van der Waals surface area contributed by atoms with Crippen LogP contribution in [0.4, 0.5) is 0 Å². The summed E-state index contributed by atoms with van der Waals surface area (Å²) in [4.78, 5) is 4.51. The lowest BCUT2D eigenvalue weighted by Gasteiger charge is -2.15. The Hall–Kier alpha value is -1.37. The van der Waals surface area contributed by atoms with E-state index < -0.39 is 0 Å². The van der Waals surface area contributed by atoms with E-state index in [1.807, 2.05) is 6.20 Å². The zero-order chi connectivity index (χ0) is 9.38. The van der Waals surface area contributed by atoms with Gasteiger partial charge in [0.2, 0.25) is 0 Å². The molecule has 14 heavy (non-hydrogen) atoms. The van der Waals surface area contributed by atoms with Crippen molar-refractivity contribution in [2.45, 2.75) is 19.3 Å². The third-order valence-electron chi connectivity index (χ3n) is 2.83. The topological polar surface area (TPSA) is 12.9 Å². The molecule has 0 fully saturated rings. The number of nitrogens with zero attached hydrogens (tertiary/aromatic N) is 1. The Morgan fingerprint density at radius 3 is 3.14 bits per heavy atom. The van der Waals surface area contributed by atoms with Crippen LogP contribution in [0.25, 0.3) is 10.8 Å². The number of aryl methyl sites for hydroxylation is 1. The fourth-order valence-corrected chi connectivity index (χ4v) is 2.10. The molecule has 0 saturated heterocycles. The van der Waals surface area contributed by atoms with E-state index in [1.165, 1.54) is 22.0 Å². The minimum absolute atomic E-state index is 0.962. The average molecular weight is 181 g/mol. The molecule has 1 aromatic carbocycles. The summed E-state index contributed by atoms with van der Waals surface area (Å²) >= 11 is 0. The predicted molar refractivity (Wildman–Crippen MR) is 57.0 cm³/mol. The van der Waals surface area contributed by atoms with Gasteiger partial charge in [-0.3, -0.25) is 4.98 Å². The van der Waals surface area contributed by atoms with Crippen molar-refractivity contribution in [2.75, 3.05) is 0 Å². The lowest BCUT2D eigenvalue weighted by molar-refractivity contribution is 0.803. The van der Waals surface area contributed by atoms with Crippen LogP contribution in [0.15, 0.2) is 30.5 Å². The van der Waals surface area contributed by atoms with Crippen molar-refractivity contribution in [1.29, 1.82) is 0 Å². The summed E-state index contributed by atoms with van der Waals surface area (Å²) in [5.41, 5.74) is 2.65. The number of benzene rings is 1. The third-order valence-corrected chi connectivity index (χ3v) is 2.83. The normalized spacial score (nSPS) is 15.4. The number of hydrogen-bond acceptors (Lipinski definition) is 1. The number of fused-ring (bicyclic) bond motifs is 3. The molecule has 1 heterocycles. The molecule has 2 radical (unpaired) electrons. The van der Waals surface area contributed by atoms with E-state index in [0.29, 0.717) is 0 Å². The van der Waals surface area contributed by atoms with Gasteiger partial charge in [-0.2, -0.15) is 0 Å². The Bertz CT molecular complexity index is 474. The van der Waals surface area contributed by atoms with E-state index in [1.54, 1.807) is 0 Å². The Morgan fingerprint density at radius 1 is 1.21 bits per heavy atom. The fourth-order valence-electron chi connectivity index (χ4n) is 2.10. The van der Waals surface area contributed by atoms with Crippen molar-refractivity contribution in [2.24, 2.45) is 0 Å². The summed E-state index contributed by atoms with van der Waals surface area (Å²) in [6.07, 6.45) is 8.45. The molecule has 1 heteroatoms. The maximum Gasteiger partial charge on any atom is 0.0442 e. The number of hydrogen-bond donors (Lipinski definition) is 0. The van der Waals surface area contributed by atoms with Gasteiger partial charge in [0, 0.05) is 17.3 Å². The molecule has 0 spiro atoms. The maximum absolute atomic E-state index is 4.51. The predicted octanol–water partition coefficient (Wildman–Crippen LogP) is 2.80. The maximum atomic E-state index is 4.51. The van der Waals surface area contributed by atoms with Crippen LogP contribution >= 0.6 is 0 Å². The van der Waals surface area contributed by atoms with Crippen LogP contribution < -0.4 is 0 Å². The van der Waals surface area contributed by atoms with Gasteiger partial charge in [0.25, 0.3) is 0 Å². The lowest BCUT2D eigenvalue weighted by atomic mass is 9.92. The third kappa shape index (κ3) is 1.12. The second kappa shape index (κ2) is 3.09. The van der Waals surface area contributed by atoms with Gasteiger partial charge in [0.1, 0.15) is 0 Å². The molecule has 68 valence electrons. The molecule has 0 saturated carbocycles. The van der Waals surface area contributed by atoms with E-state index >= 15 is 0 Å². The van der Waals surface area contributed by atoms with E-state index in [9.17, 15) is 0 Å². The van der Waals surface area contributed by atoms with Crippen molar-refractivity contribution >= 4 is 10.8 Å². The average Bonchev–Trinajstić information content (AvgIpc) is 2.29. The molecule has 2 aromatic rings. The molecule has 3 rings (SSSR count). The van der Waals surface area contributed by atoms with Gasteiger partial charge in [-0.25, -0.2) is 0 Å². The lowest BCUT2D eigenvalue weighted by Crippen LogP contribution is -2.05. The second-order valence-corrected chi connectivity index (χ2v) is 3.70. The van der Waals surface area contributed by atoms with Gasteiger partial charge in [-0.15, -0.1) is 0 Å². The molecule has 0 atom stereocenters. The summed E-state index contributed by atoms with van der Waals surface area (Å²) in [6.45, 7) is 0. The highest BCUT2D eigenvalue weighted by atomic mass is 14.7. The van der Waals surface area contributed by atoms with Crippen LogP contribution in [0.3, 0.4) is 0 Å². The van der Waals surface area contributed by atoms with Gasteiger partial charge in [0.05, 0.1) is 0 Å². The number of pyridine rings is 1. The first-order chi connectivity index (χ1) is 6.95. The summed E-state index contributed by atoms with van der Waals surface area (Å²) < 4.78 is 0. The van der Waals surface area contributed by atoms with Gasteiger partial charge in [-0.1, -0.05) is 24.3 Å². The molecular weight excluding hydrogens is 170 g/mol. The summed E-state index contributed by atoms with van der Waals surface area (Å²) in [6, 6.07) is 8.46. The highest BCUT2D eigenvalue weighted by Gasteiger charge is 2.13. The Kier molecular flexibility index (Phi) is 1.76. The summed E-state index contributed by atoms with van der Waals surface area (Å²) in [7, 11) is 0. The van der Waals surface area contributed by atoms with Crippen molar-refractivity contribution in [3.8, 4) is 0 Å². The SMILES string of the molecule is [C]1CCc2ncc3ccccc3c2C1. The fraction of sp³-hybridized carbons (Fsp3) is 0.231. The van der Waals surface area contributed by atoms with Gasteiger partial charge >= 0.3 is 0 Å². The molecule has 1 nitrogen and oxygen atoms in total. The molecule has 1 aromatic heterocycles. The second-order valence-electron chi connectivity index (χ2n) is 3.70. The molecular formula is C13H11N. The Balaban J connectivity index is 2.34. The number of rotatable bonds is 0. The van der Waals surface area contributed by atoms with Crippen molar-refractivity contribution in [1.82, 2.24) is 4.98 Å². The molecule has 0 bridgehead atoms. The molecule has 1 aliphatic rings. The highest BCUT2D eigenvalue weighted by Crippen LogP contribution is 2.26. The summed E-state index contributed by atoms with van der Waals surface area (Å²) in [5.74, 6) is 0. The van der Waals surface area contributed by atoms with E-state index in [4.69, 9.17) is 0 Å². The van der Waals surface area contributed by atoms with Crippen LogP contribution in [0.2, 0.25) is 0 Å². The monoisotopic (exact) mass is 181 g/mol. The van der Waals surface area contributed by atoms with Crippen LogP contribution in [0.1, 0.15) is 17.7 Å². The zero-order valence-corrected chi connectivity index (χ0v) is 7.96. The molecule has 0 aliphatic heterocycles. The van der Waals surface area contributed by atoms with Crippen LogP contribution in [-0.4, -0.2) is 4.98 Å². The highest BCUT2D eigenvalue weighted by molar-refractivity contribution is 5.85. The summed E-state index contributed by atoms with van der Waals surface area (Å²) in [5, 5.41) is 2.60. The standard InChI is InChI=1S/C13H11N/c1-2-6-11-10(5-1)9-14-13-8-4-3-7-12(11)13/h1-2,5-6,9H,4,7-8H2. The first-order valence-electron chi connectivity index (χ1n) is 5.01. The van der Waals surface area contributed by atoms with Gasteiger partial charge in [0.15, 0.2) is 0 Å².